The number of nitrogens with zero attached hydrogens (tertiary/aromatic N) is 3. The van der Waals surface area contributed by atoms with Crippen LogP contribution in [-0.2, 0) is 0 Å². The van der Waals surface area contributed by atoms with Crippen molar-refractivity contribution in [2.45, 2.75) is 39.7 Å². The summed E-state index contributed by atoms with van der Waals surface area (Å²) in [5, 5.41) is 0.563. The van der Waals surface area contributed by atoms with E-state index in [-0.39, 0.29) is 17.5 Å². The van der Waals surface area contributed by atoms with E-state index in [9.17, 15) is 9.59 Å². The lowest BCUT2D eigenvalue weighted by molar-refractivity contribution is 0.0648. The molecule has 34 heavy (non-hydrogen) atoms. The Morgan fingerprint density at radius 3 is 2.18 bits per heavy atom. The fourth-order valence-electron chi connectivity index (χ4n) is 4.29. The van der Waals surface area contributed by atoms with E-state index in [2.05, 4.69) is 13.8 Å². The first-order valence-electron chi connectivity index (χ1n) is 11.9. The topological polar surface area (TPSA) is 55.2 Å². The van der Waals surface area contributed by atoms with Crippen LogP contribution in [0.15, 0.2) is 89.7 Å². The summed E-state index contributed by atoms with van der Waals surface area (Å²) >= 11 is 0. The van der Waals surface area contributed by atoms with Crippen LogP contribution < -0.4 is 5.56 Å². The van der Waals surface area contributed by atoms with Crippen LogP contribution in [0.4, 0.5) is 0 Å². The highest BCUT2D eigenvalue weighted by atomic mass is 16.2. The van der Waals surface area contributed by atoms with Gasteiger partial charge in [-0.25, -0.2) is 4.98 Å². The van der Waals surface area contributed by atoms with E-state index < -0.39 is 0 Å². The Morgan fingerprint density at radius 1 is 0.912 bits per heavy atom. The normalized spacial score (nSPS) is 12.1. The molecule has 0 saturated carbocycles. The molecular weight excluding hydrogens is 422 g/mol. The summed E-state index contributed by atoms with van der Waals surface area (Å²) in [4.78, 5) is 34.3. The van der Waals surface area contributed by atoms with Gasteiger partial charge in [-0.05, 0) is 55.2 Å². The number of hydrogen-bond acceptors (Lipinski definition) is 3. The molecule has 1 unspecified atom stereocenters. The van der Waals surface area contributed by atoms with Crippen molar-refractivity contribution in [3.8, 4) is 5.69 Å². The predicted octanol–water partition coefficient (Wildman–Crippen LogP) is 6.03. The average molecular weight is 454 g/mol. The molecule has 0 aliphatic carbocycles. The van der Waals surface area contributed by atoms with Gasteiger partial charge in [0.15, 0.2) is 0 Å². The number of amides is 1. The summed E-state index contributed by atoms with van der Waals surface area (Å²) in [5.41, 5.74) is 1.90. The minimum Gasteiger partial charge on any atom is -0.328 e. The summed E-state index contributed by atoms with van der Waals surface area (Å²) in [7, 11) is 0. The number of carbonyl (C=O) groups is 1. The molecular formula is C29H31N3O2. The number of fused-ring (bicyclic) bond motifs is 1. The van der Waals surface area contributed by atoms with Gasteiger partial charge in [-0.2, -0.15) is 0 Å². The van der Waals surface area contributed by atoms with Crippen molar-refractivity contribution in [3.63, 3.8) is 0 Å². The van der Waals surface area contributed by atoms with Gasteiger partial charge in [0.1, 0.15) is 5.82 Å². The highest BCUT2D eigenvalue weighted by molar-refractivity contribution is 5.94. The molecule has 0 aliphatic heterocycles. The van der Waals surface area contributed by atoms with Crippen LogP contribution in [0.5, 0.6) is 0 Å². The first-order chi connectivity index (χ1) is 16.5. The molecule has 0 spiro atoms. The minimum absolute atomic E-state index is 0.0462. The van der Waals surface area contributed by atoms with Crippen LogP contribution in [0.3, 0.4) is 0 Å². The van der Waals surface area contributed by atoms with Crippen molar-refractivity contribution in [1.82, 2.24) is 14.5 Å². The molecule has 0 saturated heterocycles. The molecule has 3 aromatic carbocycles. The second kappa shape index (κ2) is 10.5. The summed E-state index contributed by atoms with van der Waals surface area (Å²) in [6, 6.07) is 26.0. The Morgan fingerprint density at radius 2 is 1.53 bits per heavy atom. The van der Waals surface area contributed by atoms with Gasteiger partial charge >= 0.3 is 0 Å². The highest BCUT2D eigenvalue weighted by Gasteiger charge is 2.29. The van der Waals surface area contributed by atoms with E-state index in [1.54, 1.807) is 10.6 Å². The third-order valence-corrected chi connectivity index (χ3v) is 6.11. The van der Waals surface area contributed by atoms with Gasteiger partial charge in [0.05, 0.1) is 22.6 Å². The van der Waals surface area contributed by atoms with Gasteiger partial charge in [0.25, 0.3) is 11.5 Å². The van der Waals surface area contributed by atoms with E-state index in [0.29, 0.717) is 41.2 Å². The molecule has 0 bridgehead atoms. The Kier molecular flexibility index (Phi) is 7.21. The average Bonchev–Trinajstić information content (AvgIpc) is 2.87. The summed E-state index contributed by atoms with van der Waals surface area (Å²) < 4.78 is 1.68. The zero-order valence-corrected chi connectivity index (χ0v) is 20.0. The molecule has 1 amide bonds. The fraction of sp³-hybridized carbons (Fsp3) is 0.276. The minimum atomic E-state index is -0.357. The number of hydrogen-bond donors (Lipinski definition) is 0. The summed E-state index contributed by atoms with van der Waals surface area (Å²) in [6.07, 6.45) is 1.49. The third kappa shape index (κ3) is 4.79. The molecule has 0 aliphatic rings. The maximum absolute atomic E-state index is 13.7. The second-order valence-electron chi connectivity index (χ2n) is 8.93. The monoisotopic (exact) mass is 453 g/mol. The quantitative estimate of drug-likeness (QED) is 0.328. The lowest BCUT2D eigenvalue weighted by Crippen LogP contribution is -2.39. The van der Waals surface area contributed by atoms with Gasteiger partial charge in [-0.15, -0.1) is 0 Å². The molecule has 0 N–H and O–H groups in total. The van der Waals surface area contributed by atoms with E-state index in [4.69, 9.17) is 4.98 Å². The lowest BCUT2D eigenvalue weighted by atomic mass is 10.0. The Balaban J connectivity index is 1.93. The van der Waals surface area contributed by atoms with Crippen molar-refractivity contribution in [1.29, 1.82) is 0 Å². The number of aromatic nitrogens is 2. The van der Waals surface area contributed by atoms with Crippen LogP contribution in [0.2, 0.25) is 0 Å². The van der Waals surface area contributed by atoms with Gasteiger partial charge < -0.3 is 4.90 Å². The summed E-state index contributed by atoms with van der Waals surface area (Å²) in [6.45, 7) is 6.93. The van der Waals surface area contributed by atoms with Gasteiger partial charge in [-0.1, -0.05) is 69.3 Å². The molecule has 174 valence electrons. The SMILES string of the molecule is CCC(c1nc2ccccc2c(=O)n1-c1ccccc1)N(CCC(C)C)C(=O)c1ccccc1. The largest absolute Gasteiger partial charge is 0.328 e. The van der Waals surface area contributed by atoms with Crippen LogP contribution in [-0.4, -0.2) is 26.9 Å². The lowest BCUT2D eigenvalue weighted by Gasteiger charge is -2.33. The van der Waals surface area contributed by atoms with Crippen molar-refractivity contribution in [2.24, 2.45) is 5.92 Å². The van der Waals surface area contributed by atoms with Gasteiger partial charge in [0.2, 0.25) is 0 Å². The molecule has 5 nitrogen and oxygen atoms in total. The van der Waals surface area contributed by atoms with Crippen molar-refractivity contribution < 1.29 is 4.79 Å². The number of carbonyl (C=O) groups excluding carboxylic acids is 1. The smallest absolute Gasteiger partial charge is 0.266 e. The molecule has 0 radical (unpaired) electrons. The van der Waals surface area contributed by atoms with E-state index >= 15 is 0 Å². The molecule has 1 atom stereocenters. The third-order valence-electron chi connectivity index (χ3n) is 6.11. The van der Waals surface area contributed by atoms with Crippen molar-refractivity contribution in [2.75, 3.05) is 6.54 Å². The van der Waals surface area contributed by atoms with Crippen LogP contribution in [0.25, 0.3) is 16.6 Å². The molecule has 5 heteroatoms. The Hall–Kier alpha value is -3.73. The van der Waals surface area contributed by atoms with Crippen molar-refractivity contribution >= 4 is 16.8 Å². The molecule has 0 fully saturated rings. The number of rotatable bonds is 8. The predicted molar refractivity (Wildman–Crippen MR) is 137 cm³/mol. The van der Waals surface area contributed by atoms with Gasteiger partial charge in [0, 0.05) is 12.1 Å². The Labute approximate surface area is 200 Å². The first kappa shape index (κ1) is 23.4. The number of benzene rings is 3. The van der Waals surface area contributed by atoms with Crippen LogP contribution in [0, 0.1) is 5.92 Å². The maximum atomic E-state index is 13.7. The van der Waals surface area contributed by atoms with Crippen molar-refractivity contribution in [3.05, 3.63) is 107 Å². The van der Waals surface area contributed by atoms with Crippen LogP contribution >= 0.6 is 0 Å². The van der Waals surface area contributed by atoms with E-state index in [1.807, 2.05) is 90.7 Å². The zero-order chi connectivity index (χ0) is 24.1. The second-order valence-corrected chi connectivity index (χ2v) is 8.93. The zero-order valence-electron chi connectivity index (χ0n) is 20.0. The molecule has 1 aromatic heterocycles. The summed E-state index contributed by atoms with van der Waals surface area (Å²) in [5.74, 6) is 0.977. The van der Waals surface area contributed by atoms with E-state index in [1.165, 1.54) is 0 Å². The Bertz CT molecular complexity index is 1310. The fourth-order valence-corrected chi connectivity index (χ4v) is 4.29. The highest BCUT2D eigenvalue weighted by Crippen LogP contribution is 2.28. The molecule has 1 heterocycles. The number of para-hydroxylation sites is 2. The van der Waals surface area contributed by atoms with E-state index in [0.717, 1.165) is 12.1 Å². The van der Waals surface area contributed by atoms with Crippen LogP contribution in [0.1, 0.15) is 55.8 Å². The van der Waals surface area contributed by atoms with Gasteiger partial charge in [-0.3, -0.25) is 14.2 Å². The standard InChI is InChI=1S/C29H31N3O2/c1-4-26(31(20-19-21(2)3)28(33)22-13-7-5-8-14-22)27-30-25-18-12-11-17-24(25)29(34)32(27)23-15-9-6-10-16-23/h5-18,21,26H,4,19-20H2,1-3H3. The maximum Gasteiger partial charge on any atom is 0.266 e. The first-order valence-corrected chi connectivity index (χ1v) is 11.9. The molecule has 4 aromatic rings. The molecule has 4 rings (SSSR count).